The van der Waals surface area contributed by atoms with E-state index in [9.17, 15) is 8.42 Å². The molecular weight excluding hydrogens is 324 g/mol. The fourth-order valence-electron chi connectivity index (χ4n) is 3.84. The van der Waals surface area contributed by atoms with Crippen molar-refractivity contribution in [1.29, 1.82) is 0 Å². The lowest BCUT2D eigenvalue weighted by molar-refractivity contribution is 0.360. The topological polar surface area (TPSA) is 66.4 Å². The predicted molar refractivity (Wildman–Crippen MR) is 93.9 cm³/mol. The minimum atomic E-state index is -3.25. The zero-order valence-corrected chi connectivity index (χ0v) is 15.5. The van der Waals surface area contributed by atoms with E-state index in [0.29, 0.717) is 12.4 Å². The largest absolute Gasteiger partial charge is 0.304 e. The maximum atomic E-state index is 13.1. The van der Waals surface area contributed by atoms with Crippen LogP contribution in [0.4, 0.5) is 0 Å². The summed E-state index contributed by atoms with van der Waals surface area (Å²) in [4.78, 5) is 11.1. The van der Waals surface area contributed by atoms with E-state index >= 15 is 0 Å². The Morgan fingerprint density at radius 1 is 1.17 bits per heavy atom. The first kappa shape index (κ1) is 17.8. The van der Waals surface area contributed by atoms with Crippen molar-refractivity contribution in [3.63, 3.8) is 0 Å². The Morgan fingerprint density at radius 2 is 1.92 bits per heavy atom. The van der Waals surface area contributed by atoms with Gasteiger partial charge in [0, 0.05) is 19.3 Å². The lowest BCUT2D eigenvalue weighted by atomic mass is 10.0. The van der Waals surface area contributed by atoms with Gasteiger partial charge in [0.15, 0.2) is 0 Å². The second-order valence-electron chi connectivity index (χ2n) is 7.22. The van der Waals surface area contributed by atoms with Gasteiger partial charge in [-0.05, 0) is 45.8 Å². The summed E-state index contributed by atoms with van der Waals surface area (Å²) < 4.78 is 27.9. The van der Waals surface area contributed by atoms with Gasteiger partial charge in [-0.15, -0.1) is 0 Å². The van der Waals surface area contributed by atoms with Crippen LogP contribution < -0.4 is 0 Å². The molecule has 0 spiro atoms. The third-order valence-electron chi connectivity index (χ3n) is 5.01. The first-order valence-electron chi connectivity index (χ1n) is 8.95. The molecule has 1 atom stereocenters. The van der Waals surface area contributed by atoms with E-state index in [1.54, 1.807) is 10.5 Å². The summed E-state index contributed by atoms with van der Waals surface area (Å²) in [5.74, 6) is 0.659. The smallest absolute Gasteiger partial charge is 0.217 e. The van der Waals surface area contributed by atoms with Crippen LogP contribution in [0.25, 0.3) is 0 Å². The number of rotatable bonds is 5. The van der Waals surface area contributed by atoms with Crippen LogP contribution in [0, 0.1) is 0 Å². The van der Waals surface area contributed by atoms with Crippen molar-refractivity contribution >= 4 is 10.0 Å². The molecule has 7 heteroatoms. The van der Waals surface area contributed by atoms with E-state index in [-0.39, 0.29) is 11.3 Å². The average molecular weight is 353 g/mol. The number of hydrogen-bond donors (Lipinski definition) is 0. The van der Waals surface area contributed by atoms with Crippen LogP contribution in [0.5, 0.6) is 0 Å². The molecule has 1 saturated heterocycles. The molecule has 3 rings (SSSR count). The Morgan fingerprint density at radius 3 is 2.62 bits per heavy atom. The maximum Gasteiger partial charge on any atom is 0.217 e. The van der Waals surface area contributed by atoms with Crippen LogP contribution in [0.3, 0.4) is 0 Å². The van der Waals surface area contributed by atoms with Crippen molar-refractivity contribution in [1.82, 2.24) is 19.2 Å². The van der Waals surface area contributed by atoms with Crippen LogP contribution >= 0.6 is 0 Å². The van der Waals surface area contributed by atoms with Gasteiger partial charge >= 0.3 is 0 Å². The van der Waals surface area contributed by atoms with Gasteiger partial charge in [-0.3, -0.25) is 0 Å². The van der Waals surface area contributed by atoms with Gasteiger partial charge in [0.05, 0.1) is 17.0 Å². The Bertz CT molecular complexity index is 656. The van der Waals surface area contributed by atoms with Crippen molar-refractivity contribution in [3.05, 3.63) is 23.8 Å². The fraction of sp³-hybridized carbons (Fsp3) is 0.765. The molecule has 0 bridgehead atoms. The second kappa shape index (κ2) is 7.45. The molecule has 1 aliphatic carbocycles. The molecule has 1 aromatic rings. The first-order valence-corrected chi connectivity index (χ1v) is 10.5. The molecule has 2 fully saturated rings. The predicted octanol–water partition coefficient (Wildman–Crippen LogP) is 2.34. The maximum absolute atomic E-state index is 13.1. The van der Waals surface area contributed by atoms with E-state index in [0.717, 1.165) is 57.2 Å². The molecule has 2 heterocycles. The summed E-state index contributed by atoms with van der Waals surface area (Å²) in [6.45, 7) is 1.34. The van der Waals surface area contributed by atoms with Crippen molar-refractivity contribution < 1.29 is 8.42 Å². The molecule has 0 aromatic carbocycles. The number of aromatic nitrogens is 2. The Labute approximate surface area is 145 Å². The standard InChI is InChI=1S/C17H28N4O2S/c1-20(2)13-14-10-11-18-17(19-14)16-9-6-12-21(16)24(22,23)15-7-4-3-5-8-15/h10-11,15-16H,3-9,12-13H2,1-2H3/t16-/m1/s1. The van der Waals surface area contributed by atoms with Crippen molar-refractivity contribution in [2.45, 2.75) is 62.8 Å². The third kappa shape index (κ3) is 3.78. The van der Waals surface area contributed by atoms with Gasteiger partial charge in [0.2, 0.25) is 10.0 Å². The monoisotopic (exact) mass is 352 g/mol. The van der Waals surface area contributed by atoms with Crippen molar-refractivity contribution in [2.24, 2.45) is 0 Å². The zero-order chi connectivity index (χ0) is 17.2. The van der Waals surface area contributed by atoms with Crippen LogP contribution in [0.1, 0.15) is 62.5 Å². The SMILES string of the molecule is CN(C)Cc1ccnc([C@H]2CCCN2S(=O)(=O)C2CCCCC2)n1. The molecule has 6 nitrogen and oxygen atoms in total. The Kier molecular flexibility index (Phi) is 5.52. The van der Waals surface area contributed by atoms with Crippen LogP contribution in [-0.2, 0) is 16.6 Å². The zero-order valence-electron chi connectivity index (χ0n) is 14.7. The lowest BCUT2D eigenvalue weighted by Gasteiger charge is -2.30. The number of sulfonamides is 1. The molecule has 134 valence electrons. The molecule has 24 heavy (non-hydrogen) atoms. The lowest BCUT2D eigenvalue weighted by Crippen LogP contribution is -2.39. The van der Waals surface area contributed by atoms with Crippen LogP contribution in [0.2, 0.25) is 0 Å². The molecule has 0 N–H and O–H groups in total. The molecule has 1 saturated carbocycles. The quantitative estimate of drug-likeness (QED) is 0.814. The van der Waals surface area contributed by atoms with Crippen molar-refractivity contribution in [3.8, 4) is 0 Å². The molecule has 1 aromatic heterocycles. The highest BCUT2D eigenvalue weighted by molar-refractivity contribution is 7.89. The molecule has 0 amide bonds. The summed E-state index contributed by atoms with van der Waals surface area (Å²) in [6.07, 6.45) is 8.26. The van der Waals surface area contributed by atoms with Crippen LogP contribution in [0.15, 0.2) is 12.3 Å². The number of nitrogens with zero attached hydrogens (tertiary/aromatic N) is 4. The molecule has 0 unspecified atom stereocenters. The summed E-state index contributed by atoms with van der Waals surface area (Å²) in [7, 11) is 0.742. The van der Waals surface area contributed by atoms with E-state index < -0.39 is 10.0 Å². The van der Waals surface area contributed by atoms with Crippen molar-refractivity contribution in [2.75, 3.05) is 20.6 Å². The molecule has 1 aliphatic heterocycles. The highest BCUT2D eigenvalue weighted by Gasteiger charge is 2.41. The average Bonchev–Trinajstić information content (AvgIpc) is 3.06. The molecular formula is C17H28N4O2S. The fourth-order valence-corrected chi connectivity index (χ4v) is 6.09. The van der Waals surface area contributed by atoms with E-state index in [1.807, 2.05) is 20.2 Å². The van der Waals surface area contributed by atoms with Gasteiger partial charge in [0.1, 0.15) is 5.82 Å². The molecule has 2 aliphatic rings. The second-order valence-corrected chi connectivity index (χ2v) is 9.38. The minimum Gasteiger partial charge on any atom is -0.304 e. The summed E-state index contributed by atoms with van der Waals surface area (Å²) >= 11 is 0. The Balaban J connectivity index is 1.82. The Hall–Kier alpha value is -1.05. The normalized spacial score (nSPS) is 23.9. The summed E-state index contributed by atoms with van der Waals surface area (Å²) in [6, 6.07) is 1.71. The molecule has 0 radical (unpaired) electrons. The number of hydrogen-bond acceptors (Lipinski definition) is 5. The minimum absolute atomic E-state index is 0.195. The van der Waals surface area contributed by atoms with Gasteiger partial charge < -0.3 is 4.90 Å². The first-order chi connectivity index (χ1) is 11.5. The van der Waals surface area contributed by atoms with Crippen LogP contribution in [-0.4, -0.2) is 53.5 Å². The van der Waals surface area contributed by atoms with Gasteiger partial charge in [-0.2, -0.15) is 4.31 Å². The van der Waals surface area contributed by atoms with Gasteiger partial charge in [-0.25, -0.2) is 18.4 Å². The van der Waals surface area contributed by atoms with Gasteiger partial charge in [0.25, 0.3) is 0 Å². The summed E-state index contributed by atoms with van der Waals surface area (Å²) in [5.41, 5.74) is 0.937. The summed E-state index contributed by atoms with van der Waals surface area (Å²) in [5, 5.41) is -0.211. The van der Waals surface area contributed by atoms with E-state index in [2.05, 4.69) is 14.9 Å². The van der Waals surface area contributed by atoms with Gasteiger partial charge in [-0.1, -0.05) is 19.3 Å². The van der Waals surface area contributed by atoms with E-state index in [1.165, 1.54) is 0 Å². The highest BCUT2D eigenvalue weighted by Crippen LogP contribution is 2.36. The van der Waals surface area contributed by atoms with E-state index in [4.69, 9.17) is 0 Å². The highest BCUT2D eigenvalue weighted by atomic mass is 32.2. The third-order valence-corrected chi connectivity index (χ3v) is 7.42.